The average Bonchev–Trinajstić information content (AvgIpc) is 2.34. The number of hydrogen-bond acceptors (Lipinski definition) is 3. The summed E-state index contributed by atoms with van der Waals surface area (Å²) >= 11 is 0. The number of benzene rings is 1. The van der Waals surface area contributed by atoms with Crippen molar-refractivity contribution in [1.29, 1.82) is 0 Å². The van der Waals surface area contributed by atoms with Crippen LogP contribution in [0.5, 0.6) is 0 Å². The second kappa shape index (κ2) is 6.76. The first-order valence-corrected chi connectivity index (χ1v) is 5.85. The Hall–Kier alpha value is -1.88. The monoisotopic (exact) mass is 249 g/mol. The minimum atomic E-state index is -0.678. The van der Waals surface area contributed by atoms with E-state index < -0.39 is 6.04 Å². The molecule has 18 heavy (non-hydrogen) atoms. The van der Waals surface area contributed by atoms with Crippen LogP contribution in [0, 0.1) is 6.92 Å². The van der Waals surface area contributed by atoms with E-state index in [9.17, 15) is 9.59 Å². The normalized spacial score (nSPS) is 11.7. The average molecular weight is 249 g/mol. The zero-order chi connectivity index (χ0) is 13.5. The zero-order valence-corrected chi connectivity index (χ0v) is 10.7. The lowest BCUT2D eigenvalue weighted by molar-refractivity contribution is -0.123. The van der Waals surface area contributed by atoms with Crippen molar-refractivity contribution in [1.82, 2.24) is 10.6 Å². The zero-order valence-electron chi connectivity index (χ0n) is 10.7. The third kappa shape index (κ3) is 4.55. The van der Waals surface area contributed by atoms with Crippen LogP contribution in [-0.4, -0.2) is 24.9 Å². The van der Waals surface area contributed by atoms with Gasteiger partial charge in [0.2, 0.25) is 11.8 Å². The van der Waals surface area contributed by atoms with Crippen molar-refractivity contribution in [2.75, 3.05) is 13.1 Å². The molecule has 1 aromatic carbocycles. The van der Waals surface area contributed by atoms with Crippen molar-refractivity contribution in [3.63, 3.8) is 0 Å². The summed E-state index contributed by atoms with van der Waals surface area (Å²) in [6.07, 6.45) is 0. The van der Waals surface area contributed by atoms with Gasteiger partial charge in [0.25, 0.3) is 0 Å². The minimum absolute atomic E-state index is 0.118. The maximum atomic E-state index is 11.7. The molecule has 0 heterocycles. The van der Waals surface area contributed by atoms with Gasteiger partial charge < -0.3 is 16.4 Å². The maximum absolute atomic E-state index is 11.7. The highest BCUT2D eigenvalue weighted by Gasteiger charge is 2.14. The van der Waals surface area contributed by atoms with Crippen LogP contribution >= 0.6 is 0 Å². The summed E-state index contributed by atoms with van der Waals surface area (Å²) < 4.78 is 0. The number of rotatable bonds is 5. The predicted molar refractivity (Wildman–Crippen MR) is 69.8 cm³/mol. The lowest BCUT2D eigenvalue weighted by atomic mass is 10.1. The molecule has 98 valence electrons. The first-order valence-electron chi connectivity index (χ1n) is 5.85. The Balaban J connectivity index is 2.41. The van der Waals surface area contributed by atoms with Crippen LogP contribution in [0.1, 0.15) is 24.1 Å². The van der Waals surface area contributed by atoms with Gasteiger partial charge in [0.05, 0.1) is 0 Å². The fraction of sp³-hybridized carbons (Fsp3) is 0.385. The topological polar surface area (TPSA) is 84.2 Å². The highest BCUT2D eigenvalue weighted by molar-refractivity contribution is 5.83. The molecule has 0 spiro atoms. The Labute approximate surface area is 107 Å². The summed E-state index contributed by atoms with van der Waals surface area (Å²) in [5.41, 5.74) is 7.73. The molecule has 2 amide bonds. The Bertz CT molecular complexity index is 415. The van der Waals surface area contributed by atoms with Gasteiger partial charge in [0, 0.05) is 20.0 Å². The summed E-state index contributed by atoms with van der Waals surface area (Å²) in [5, 5.41) is 5.26. The fourth-order valence-electron chi connectivity index (χ4n) is 1.46. The van der Waals surface area contributed by atoms with E-state index in [1.807, 2.05) is 31.2 Å². The van der Waals surface area contributed by atoms with Crippen molar-refractivity contribution in [2.24, 2.45) is 5.73 Å². The van der Waals surface area contributed by atoms with E-state index in [1.54, 1.807) is 0 Å². The van der Waals surface area contributed by atoms with E-state index >= 15 is 0 Å². The molecule has 5 heteroatoms. The molecule has 0 aromatic heterocycles. The standard InChI is InChI=1S/C13H19N3O2/c1-9-3-5-11(6-4-9)12(14)13(18)16-8-7-15-10(2)17/h3-6,12H,7-8,14H2,1-2H3,(H,15,17)(H,16,18). The van der Waals surface area contributed by atoms with Gasteiger partial charge in [-0.2, -0.15) is 0 Å². The molecule has 0 bridgehead atoms. The van der Waals surface area contributed by atoms with Gasteiger partial charge in [0.1, 0.15) is 6.04 Å². The molecule has 1 unspecified atom stereocenters. The molecular formula is C13H19N3O2. The lowest BCUT2D eigenvalue weighted by Gasteiger charge is -2.13. The summed E-state index contributed by atoms with van der Waals surface area (Å²) in [7, 11) is 0. The van der Waals surface area contributed by atoms with E-state index in [-0.39, 0.29) is 11.8 Å². The van der Waals surface area contributed by atoms with E-state index in [2.05, 4.69) is 10.6 Å². The van der Waals surface area contributed by atoms with Gasteiger partial charge in [-0.15, -0.1) is 0 Å². The van der Waals surface area contributed by atoms with Crippen LogP contribution in [0.4, 0.5) is 0 Å². The Kier molecular flexibility index (Phi) is 5.32. The van der Waals surface area contributed by atoms with E-state index in [4.69, 9.17) is 5.73 Å². The van der Waals surface area contributed by atoms with Crippen LogP contribution in [0.25, 0.3) is 0 Å². The summed E-state index contributed by atoms with van der Waals surface area (Å²) in [6.45, 7) is 4.18. The minimum Gasteiger partial charge on any atom is -0.355 e. The Morgan fingerprint density at radius 2 is 1.72 bits per heavy atom. The number of aryl methyl sites for hydroxylation is 1. The largest absolute Gasteiger partial charge is 0.355 e. The highest BCUT2D eigenvalue weighted by atomic mass is 16.2. The predicted octanol–water partition coefficient (Wildman–Crippen LogP) is 0.247. The van der Waals surface area contributed by atoms with Crippen molar-refractivity contribution < 1.29 is 9.59 Å². The van der Waals surface area contributed by atoms with Gasteiger partial charge >= 0.3 is 0 Å². The molecule has 0 aliphatic heterocycles. The second-order valence-electron chi connectivity index (χ2n) is 4.16. The molecule has 1 aromatic rings. The van der Waals surface area contributed by atoms with Crippen molar-refractivity contribution in [3.05, 3.63) is 35.4 Å². The van der Waals surface area contributed by atoms with E-state index in [0.29, 0.717) is 13.1 Å². The van der Waals surface area contributed by atoms with Crippen LogP contribution in [0.2, 0.25) is 0 Å². The molecular weight excluding hydrogens is 230 g/mol. The fourth-order valence-corrected chi connectivity index (χ4v) is 1.46. The molecule has 4 N–H and O–H groups in total. The number of nitrogens with two attached hydrogens (primary N) is 1. The summed E-state index contributed by atoms with van der Waals surface area (Å²) in [5.74, 6) is -0.365. The third-order valence-corrected chi connectivity index (χ3v) is 2.52. The van der Waals surface area contributed by atoms with Crippen LogP contribution in [-0.2, 0) is 9.59 Å². The van der Waals surface area contributed by atoms with E-state index in [0.717, 1.165) is 11.1 Å². The number of nitrogens with one attached hydrogen (secondary N) is 2. The van der Waals surface area contributed by atoms with Gasteiger partial charge in [0.15, 0.2) is 0 Å². The molecule has 1 atom stereocenters. The molecule has 0 saturated carbocycles. The molecule has 1 rings (SSSR count). The first-order chi connectivity index (χ1) is 8.50. The van der Waals surface area contributed by atoms with Crippen molar-refractivity contribution >= 4 is 11.8 Å². The quantitative estimate of drug-likeness (QED) is 0.654. The summed E-state index contributed by atoms with van der Waals surface area (Å²) in [4.78, 5) is 22.4. The molecule has 0 aliphatic carbocycles. The first kappa shape index (κ1) is 14.2. The molecule has 0 radical (unpaired) electrons. The van der Waals surface area contributed by atoms with Crippen molar-refractivity contribution in [2.45, 2.75) is 19.9 Å². The number of carbonyl (C=O) groups is 2. The van der Waals surface area contributed by atoms with Crippen molar-refractivity contribution in [3.8, 4) is 0 Å². The SMILES string of the molecule is CC(=O)NCCNC(=O)C(N)c1ccc(C)cc1. The van der Waals surface area contributed by atoms with Crippen LogP contribution in [0.3, 0.4) is 0 Å². The number of carbonyl (C=O) groups excluding carboxylic acids is 2. The molecule has 0 saturated heterocycles. The Morgan fingerprint density at radius 1 is 1.17 bits per heavy atom. The van der Waals surface area contributed by atoms with Crippen LogP contribution < -0.4 is 16.4 Å². The maximum Gasteiger partial charge on any atom is 0.241 e. The van der Waals surface area contributed by atoms with E-state index in [1.165, 1.54) is 6.92 Å². The molecule has 0 aliphatic rings. The third-order valence-electron chi connectivity index (χ3n) is 2.52. The van der Waals surface area contributed by atoms with Gasteiger partial charge in [-0.3, -0.25) is 9.59 Å². The highest BCUT2D eigenvalue weighted by Crippen LogP contribution is 2.11. The van der Waals surface area contributed by atoms with Gasteiger partial charge in [-0.05, 0) is 12.5 Å². The number of hydrogen-bond donors (Lipinski definition) is 3. The molecule has 0 fully saturated rings. The van der Waals surface area contributed by atoms with Gasteiger partial charge in [-0.25, -0.2) is 0 Å². The molecule has 5 nitrogen and oxygen atoms in total. The summed E-state index contributed by atoms with van der Waals surface area (Å²) in [6, 6.07) is 6.84. The lowest BCUT2D eigenvalue weighted by Crippen LogP contribution is -2.38. The smallest absolute Gasteiger partial charge is 0.241 e. The van der Waals surface area contributed by atoms with Gasteiger partial charge in [-0.1, -0.05) is 29.8 Å². The Morgan fingerprint density at radius 3 is 2.28 bits per heavy atom. The van der Waals surface area contributed by atoms with Crippen LogP contribution in [0.15, 0.2) is 24.3 Å². The second-order valence-corrected chi connectivity index (χ2v) is 4.16. The number of amides is 2.